The van der Waals surface area contributed by atoms with E-state index < -0.39 is 17.0 Å². The van der Waals surface area contributed by atoms with E-state index in [9.17, 15) is 18.4 Å². The number of benzene rings is 2. The van der Waals surface area contributed by atoms with E-state index in [0.29, 0.717) is 63.8 Å². The van der Waals surface area contributed by atoms with Crippen LogP contribution in [0.15, 0.2) is 51.9 Å². The molecule has 1 saturated carbocycles. The number of carbonyl (C=O) groups is 2. The van der Waals surface area contributed by atoms with Gasteiger partial charge >= 0.3 is 0 Å². The van der Waals surface area contributed by atoms with Crippen LogP contribution in [0, 0.1) is 11.6 Å². The van der Waals surface area contributed by atoms with Gasteiger partial charge in [-0.15, -0.1) is 0 Å². The molecule has 39 heavy (non-hydrogen) atoms. The molecule has 5 rings (SSSR count). The number of aliphatic imine (C=N–C) groups is 1. The molecule has 9 heteroatoms. The van der Waals surface area contributed by atoms with Crippen molar-refractivity contribution in [3.05, 3.63) is 69.7 Å². The van der Waals surface area contributed by atoms with Crippen molar-refractivity contribution in [1.29, 1.82) is 0 Å². The van der Waals surface area contributed by atoms with Crippen LogP contribution in [0.3, 0.4) is 0 Å². The molecule has 6 nitrogen and oxygen atoms in total. The predicted octanol–water partition coefficient (Wildman–Crippen LogP) is 5.69. The number of guanidine groups is 1. The lowest BCUT2D eigenvalue weighted by Gasteiger charge is -2.40. The molecule has 0 aromatic heterocycles. The summed E-state index contributed by atoms with van der Waals surface area (Å²) < 4.78 is 30.1. The third-order valence-corrected chi connectivity index (χ3v) is 8.97. The van der Waals surface area contributed by atoms with Crippen LogP contribution in [0.25, 0.3) is 0 Å². The number of piperidine rings is 2. The number of imide groups is 1. The van der Waals surface area contributed by atoms with E-state index in [2.05, 4.69) is 26.1 Å². The van der Waals surface area contributed by atoms with Crippen LogP contribution in [0.1, 0.15) is 68.9 Å². The summed E-state index contributed by atoms with van der Waals surface area (Å²) in [4.78, 5) is 33.5. The van der Waals surface area contributed by atoms with E-state index in [4.69, 9.17) is 4.99 Å². The molecule has 208 valence electrons. The van der Waals surface area contributed by atoms with Crippen LogP contribution in [-0.2, 0) is 21.5 Å². The fourth-order valence-corrected chi connectivity index (χ4v) is 6.56. The van der Waals surface area contributed by atoms with E-state index in [1.165, 1.54) is 11.0 Å². The molecule has 2 aromatic rings. The molecular weight excluding hydrogens is 566 g/mol. The minimum Gasteiger partial charge on any atom is -0.355 e. The molecule has 3 fully saturated rings. The molecule has 2 heterocycles. The van der Waals surface area contributed by atoms with Gasteiger partial charge in [0.15, 0.2) is 17.6 Å². The van der Waals surface area contributed by atoms with Crippen molar-refractivity contribution in [2.75, 3.05) is 19.6 Å². The first kappa shape index (κ1) is 27.7. The zero-order chi connectivity index (χ0) is 27.4. The van der Waals surface area contributed by atoms with Crippen molar-refractivity contribution in [3.8, 4) is 0 Å². The maximum atomic E-state index is 15.0. The number of likely N-dealkylation sites (tertiary alicyclic amines) is 2. The summed E-state index contributed by atoms with van der Waals surface area (Å²) in [5, 5.41) is 3.54. The average molecular weight is 602 g/mol. The van der Waals surface area contributed by atoms with Gasteiger partial charge in [0, 0.05) is 48.4 Å². The van der Waals surface area contributed by atoms with Gasteiger partial charge in [-0.25, -0.2) is 13.8 Å². The van der Waals surface area contributed by atoms with Gasteiger partial charge in [-0.05, 0) is 61.4 Å². The Kier molecular flexibility index (Phi) is 8.64. The van der Waals surface area contributed by atoms with E-state index in [1.807, 2.05) is 24.3 Å². The minimum absolute atomic E-state index is 0.0627. The fourth-order valence-electron chi connectivity index (χ4n) is 6.29. The lowest BCUT2D eigenvalue weighted by atomic mass is 9.78. The number of amides is 2. The van der Waals surface area contributed by atoms with E-state index >= 15 is 0 Å². The summed E-state index contributed by atoms with van der Waals surface area (Å²) in [5.74, 6) is -0.978. The standard InChI is InChI=1S/C30H35BrF2N4O2/c31-22-11-9-21(10-12-22)19-34-29(36-17-13-23(14-18-36)37-26(38)7-4-8-27(37)39)35-20-30(15-1-2-16-30)24-5-3-6-25(32)28(24)33/h3,5-6,9-12,23H,1-2,4,7-8,13-20H2,(H,34,35). The smallest absolute Gasteiger partial charge is 0.229 e. The first-order valence-electron chi connectivity index (χ1n) is 13.9. The van der Waals surface area contributed by atoms with Crippen molar-refractivity contribution < 1.29 is 18.4 Å². The Morgan fingerprint density at radius 3 is 2.31 bits per heavy atom. The Bertz CT molecular complexity index is 1210. The van der Waals surface area contributed by atoms with Gasteiger partial charge in [0.05, 0.1) is 6.54 Å². The molecular formula is C30H35BrF2N4O2. The molecule has 0 spiro atoms. The third kappa shape index (κ3) is 6.18. The van der Waals surface area contributed by atoms with Crippen molar-refractivity contribution in [1.82, 2.24) is 15.1 Å². The van der Waals surface area contributed by atoms with Gasteiger partial charge in [-0.2, -0.15) is 0 Å². The third-order valence-electron chi connectivity index (χ3n) is 8.44. The summed E-state index contributed by atoms with van der Waals surface area (Å²) in [6.45, 7) is 2.22. The maximum absolute atomic E-state index is 15.0. The quantitative estimate of drug-likeness (QED) is 0.263. The van der Waals surface area contributed by atoms with Crippen molar-refractivity contribution in [2.24, 2.45) is 4.99 Å². The summed E-state index contributed by atoms with van der Waals surface area (Å²) in [6, 6.07) is 12.4. The second-order valence-corrected chi connectivity index (χ2v) is 11.9. The molecule has 1 aliphatic carbocycles. The molecule has 0 atom stereocenters. The number of nitrogens with zero attached hydrogens (tertiary/aromatic N) is 3. The van der Waals surface area contributed by atoms with Crippen LogP contribution in [0.2, 0.25) is 0 Å². The van der Waals surface area contributed by atoms with E-state index in [-0.39, 0.29) is 17.9 Å². The van der Waals surface area contributed by atoms with Crippen molar-refractivity contribution >= 4 is 33.7 Å². The second kappa shape index (κ2) is 12.1. The molecule has 3 aliphatic rings. The number of nitrogens with one attached hydrogen (secondary N) is 1. The highest BCUT2D eigenvalue weighted by molar-refractivity contribution is 9.10. The number of halogens is 3. The molecule has 2 aromatic carbocycles. The van der Waals surface area contributed by atoms with E-state index in [1.54, 1.807) is 12.1 Å². The number of hydrogen-bond donors (Lipinski definition) is 1. The largest absolute Gasteiger partial charge is 0.355 e. The van der Waals surface area contributed by atoms with Crippen molar-refractivity contribution in [3.63, 3.8) is 0 Å². The van der Waals surface area contributed by atoms with Crippen LogP contribution in [0.4, 0.5) is 8.78 Å². The SMILES string of the molecule is O=C1CCCC(=O)N1C1CCN(C(=NCc2ccc(Br)cc2)NCC2(c3cccc(F)c3F)CCCC2)CC1. The minimum atomic E-state index is -0.813. The van der Waals surface area contributed by atoms with Crippen molar-refractivity contribution in [2.45, 2.75) is 75.8 Å². The van der Waals surface area contributed by atoms with Gasteiger partial charge in [-0.3, -0.25) is 14.5 Å². The number of rotatable bonds is 6. The first-order chi connectivity index (χ1) is 18.9. The number of carbonyl (C=O) groups excluding carboxylic acids is 2. The van der Waals surface area contributed by atoms with Gasteiger partial charge in [0.25, 0.3) is 0 Å². The normalized spacial score (nSPS) is 20.5. The lowest BCUT2D eigenvalue weighted by molar-refractivity contribution is -0.151. The van der Waals surface area contributed by atoms with Gasteiger partial charge < -0.3 is 10.2 Å². The zero-order valence-electron chi connectivity index (χ0n) is 22.1. The molecule has 1 N–H and O–H groups in total. The molecule has 0 radical (unpaired) electrons. The Labute approximate surface area is 237 Å². The topological polar surface area (TPSA) is 65.0 Å². The van der Waals surface area contributed by atoms with Crippen LogP contribution >= 0.6 is 15.9 Å². The van der Waals surface area contributed by atoms with Gasteiger partial charge in [-0.1, -0.05) is 53.0 Å². The highest BCUT2D eigenvalue weighted by Gasteiger charge is 2.39. The summed E-state index contributed by atoms with van der Waals surface area (Å²) >= 11 is 3.47. The van der Waals surface area contributed by atoms with Crippen LogP contribution in [0.5, 0.6) is 0 Å². The Morgan fingerprint density at radius 1 is 0.974 bits per heavy atom. The molecule has 2 saturated heterocycles. The monoisotopic (exact) mass is 600 g/mol. The molecule has 2 amide bonds. The predicted molar refractivity (Wildman–Crippen MR) is 150 cm³/mol. The Hall–Kier alpha value is -2.81. The second-order valence-electron chi connectivity index (χ2n) is 10.9. The summed E-state index contributed by atoms with van der Waals surface area (Å²) in [6.07, 6.45) is 6.36. The Balaban J connectivity index is 1.34. The lowest BCUT2D eigenvalue weighted by Crippen LogP contribution is -2.55. The molecule has 0 unspecified atom stereocenters. The average Bonchev–Trinajstić information content (AvgIpc) is 3.41. The van der Waals surface area contributed by atoms with Crippen LogP contribution < -0.4 is 5.32 Å². The van der Waals surface area contributed by atoms with E-state index in [0.717, 1.165) is 41.7 Å². The molecule has 0 bridgehead atoms. The summed E-state index contributed by atoms with van der Waals surface area (Å²) in [7, 11) is 0. The highest BCUT2D eigenvalue weighted by Crippen LogP contribution is 2.42. The van der Waals surface area contributed by atoms with Gasteiger partial charge in [0.2, 0.25) is 11.8 Å². The highest BCUT2D eigenvalue weighted by atomic mass is 79.9. The maximum Gasteiger partial charge on any atom is 0.229 e. The fraction of sp³-hybridized carbons (Fsp3) is 0.500. The molecule has 2 aliphatic heterocycles. The Morgan fingerprint density at radius 2 is 1.64 bits per heavy atom. The van der Waals surface area contributed by atoms with Crippen LogP contribution in [-0.4, -0.2) is 53.2 Å². The first-order valence-corrected chi connectivity index (χ1v) is 14.7. The summed E-state index contributed by atoms with van der Waals surface area (Å²) in [5.41, 5.74) is 0.986. The van der Waals surface area contributed by atoms with Gasteiger partial charge in [0.1, 0.15) is 0 Å². The number of hydrogen-bond acceptors (Lipinski definition) is 3. The zero-order valence-corrected chi connectivity index (χ0v) is 23.7.